The Balaban J connectivity index is 1.73. The van der Waals surface area contributed by atoms with Crippen molar-refractivity contribution in [2.45, 2.75) is 57.3 Å². The Bertz CT molecular complexity index is 1390. The predicted molar refractivity (Wildman–Crippen MR) is 130 cm³/mol. The summed E-state index contributed by atoms with van der Waals surface area (Å²) >= 11 is 0. The Morgan fingerprint density at radius 3 is 2.57 bits per heavy atom. The van der Waals surface area contributed by atoms with Crippen molar-refractivity contribution in [2.24, 2.45) is 5.92 Å². The molecule has 0 aromatic heterocycles. The minimum Gasteiger partial charge on any atom is -0.453 e. The quantitative estimate of drug-likeness (QED) is 0.550. The number of halogens is 2. The fraction of sp³-hybridized carbons (Fsp3) is 0.423. The molecule has 1 aliphatic carbocycles. The van der Waals surface area contributed by atoms with Gasteiger partial charge in [0.25, 0.3) is 5.91 Å². The van der Waals surface area contributed by atoms with Crippen LogP contribution in [0.3, 0.4) is 0 Å². The van der Waals surface area contributed by atoms with Crippen molar-refractivity contribution in [2.75, 3.05) is 6.26 Å². The van der Waals surface area contributed by atoms with E-state index in [0.29, 0.717) is 12.8 Å². The van der Waals surface area contributed by atoms with Gasteiger partial charge in [-0.25, -0.2) is 21.9 Å². The minimum absolute atomic E-state index is 0.0290. The number of sulfonamides is 1. The molecule has 5 rings (SSSR count). The maximum absolute atomic E-state index is 15.8. The molecule has 2 heterocycles. The molecule has 0 spiro atoms. The zero-order valence-corrected chi connectivity index (χ0v) is 21.4. The second-order valence-corrected chi connectivity index (χ2v) is 11.5. The molecule has 3 fully saturated rings. The van der Waals surface area contributed by atoms with Crippen LogP contribution in [0, 0.1) is 28.9 Å². The van der Waals surface area contributed by atoms with Crippen LogP contribution in [0.2, 0.25) is 0 Å². The van der Waals surface area contributed by atoms with E-state index in [2.05, 4.69) is 4.72 Å². The molecular weight excluding hydrogens is 504 g/mol. The highest BCUT2D eigenvalue weighted by Gasteiger charge is 2.54. The number of ether oxygens (including phenoxy) is 1. The molecule has 0 unspecified atom stereocenters. The van der Waals surface area contributed by atoms with Gasteiger partial charge in [0, 0.05) is 24.6 Å². The summed E-state index contributed by atoms with van der Waals surface area (Å²) in [5.74, 6) is -2.48. The van der Waals surface area contributed by atoms with Crippen molar-refractivity contribution < 1.29 is 31.5 Å². The third-order valence-electron chi connectivity index (χ3n) is 6.96. The molecule has 3 atom stereocenters. The third kappa shape index (κ3) is 5.65. The lowest BCUT2D eigenvalue weighted by atomic mass is 9.66. The van der Waals surface area contributed by atoms with Gasteiger partial charge in [-0.2, -0.15) is 5.26 Å². The first-order valence-corrected chi connectivity index (χ1v) is 13.7. The molecule has 196 valence electrons. The summed E-state index contributed by atoms with van der Waals surface area (Å²) in [5.41, 5.74) is 0.503. The van der Waals surface area contributed by atoms with Gasteiger partial charge in [-0.3, -0.25) is 9.59 Å². The number of rotatable bonds is 7. The smallest absolute Gasteiger partial charge is 0.303 e. The third-order valence-corrected chi connectivity index (χ3v) is 7.66. The molecule has 3 aliphatic rings. The number of piperidine rings is 2. The average molecular weight is 532 g/mol. The molecule has 8 nitrogen and oxygen atoms in total. The number of amides is 1. The van der Waals surface area contributed by atoms with Crippen LogP contribution in [-0.4, -0.2) is 55.7 Å². The molecule has 2 saturated heterocycles. The highest BCUT2D eigenvalue weighted by Crippen LogP contribution is 2.45. The monoisotopic (exact) mass is 531 g/mol. The second-order valence-electron chi connectivity index (χ2n) is 9.69. The Kier molecular flexibility index (Phi) is 7.35. The molecule has 2 aliphatic heterocycles. The van der Waals surface area contributed by atoms with Gasteiger partial charge in [0.05, 0.1) is 23.9 Å². The lowest BCUT2D eigenvalue weighted by Gasteiger charge is -2.58. The van der Waals surface area contributed by atoms with E-state index in [9.17, 15) is 22.4 Å². The molecule has 2 aromatic carbocycles. The first kappa shape index (κ1) is 26.7. The summed E-state index contributed by atoms with van der Waals surface area (Å²) < 4.78 is 62.0. The average Bonchev–Trinajstić information content (AvgIpc) is 2.77. The van der Waals surface area contributed by atoms with E-state index in [1.807, 2.05) is 6.07 Å². The lowest BCUT2D eigenvalue weighted by Crippen LogP contribution is -2.71. The van der Waals surface area contributed by atoms with Crippen LogP contribution in [0.5, 0.6) is 0 Å². The number of nitriles is 1. The summed E-state index contributed by atoms with van der Waals surface area (Å²) in [6.07, 6.45) is 1.05. The van der Waals surface area contributed by atoms with Crippen LogP contribution >= 0.6 is 0 Å². The highest BCUT2D eigenvalue weighted by atomic mass is 32.2. The summed E-state index contributed by atoms with van der Waals surface area (Å²) in [6, 6.07) is 8.38. The van der Waals surface area contributed by atoms with Gasteiger partial charge in [-0.1, -0.05) is 18.2 Å². The van der Waals surface area contributed by atoms with Crippen molar-refractivity contribution in [3.05, 3.63) is 59.2 Å². The predicted octanol–water partition coefficient (Wildman–Crippen LogP) is 2.90. The van der Waals surface area contributed by atoms with Gasteiger partial charge >= 0.3 is 5.97 Å². The van der Waals surface area contributed by atoms with Gasteiger partial charge in [0.2, 0.25) is 10.0 Å². The summed E-state index contributed by atoms with van der Waals surface area (Å²) in [6.45, 7) is 2.64. The molecule has 11 heteroatoms. The van der Waals surface area contributed by atoms with Crippen molar-refractivity contribution in [3.8, 4) is 17.2 Å². The number of carbonyl (C=O) groups is 2. The van der Waals surface area contributed by atoms with Crippen LogP contribution in [0.4, 0.5) is 8.78 Å². The number of nitrogens with one attached hydrogen (secondary N) is 1. The fourth-order valence-electron chi connectivity index (χ4n) is 5.40. The van der Waals surface area contributed by atoms with E-state index in [0.717, 1.165) is 18.4 Å². The Labute approximate surface area is 214 Å². The van der Waals surface area contributed by atoms with Crippen LogP contribution in [0.1, 0.15) is 37.8 Å². The van der Waals surface area contributed by atoms with E-state index in [1.165, 1.54) is 36.9 Å². The molecule has 1 saturated carbocycles. The minimum atomic E-state index is -3.66. The maximum Gasteiger partial charge on any atom is 0.303 e. The molecule has 1 amide bonds. The van der Waals surface area contributed by atoms with Gasteiger partial charge in [0.1, 0.15) is 11.6 Å². The van der Waals surface area contributed by atoms with Crippen LogP contribution in [0.15, 0.2) is 36.4 Å². The number of carbonyl (C=O) groups excluding carboxylic acids is 2. The summed E-state index contributed by atoms with van der Waals surface area (Å²) in [4.78, 5) is 26.4. The molecule has 1 N–H and O–H groups in total. The molecular formula is C26H27F2N3O5S. The first-order chi connectivity index (χ1) is 17.4. The fourth-order valence-corrected chi connectivity index (χ4v) is 6.25. The zero-order valence-electron chi connectivity index (χ0n) is 20.6. The summed E-state index contributed by atoms with van der Waals surface area (Å²) in [5, 5.41) is 9.17. The topological polar surface area (TPSA) is 117 Å². The van der Waals surface area contributed by atoms with Crippen molar-refractivity contribution in [1.82, 2.24) is 9.62 Å². The zero-order chi connectivity index (χ0) is 27.1. The first-order valence-electron chi connectivity index (χ1n) is 11.8. The van der Waals surface area contributed by atoms with Crippen LogP contribution < -0.4 is 4.72 Å². The van der Waals surface area contributed by atoms with E-state index in [-0.39, 0.29) is 40.6 Å². The van der Waals surface area contributed by atoms with E-state index in [1.54, 1.807) is 6.07 Å². The number of hydrogen-bond acceptors (Lipinski definition) is 6. The highest BCUT2D eigenvalue weighted by molar-refractivity contribution is 7.88. The molecule has 2 aromatic rings. The van der Waals surface area contributed by atoms with Crippen LogP contribution in [0.25, 0.3) is 11.1 Å². The Morgan fingerprint density at radius 1 is 1.24 bits per heavy atom. The van der Waals surface area contributed by atoms with Gasteiger partial charge < -0.3 is 9.64 Å². The van der Waals surface area contributed by atoms with E-state index < -0.39 is 51.7 Å². The molecule has 2 bridgehead atoms. The van der Waals surface area contributed by atoms with Gasteiger partial charge in [-0.05, 0) is 61.4 Å². The number of nitrogens with zero attached hydrogens (tertiary/aromatic N) is 2. The Hall–Kier alpha value is -3.36. The van der Waals surface area contributed by atoms with E-state index in [4.69, 9.17) is 10.00 Å². The number of esters is 1. The van der Waals surface area contributed by atoms with Gasteiger partial charge in [-0.15, -0.1) is 0 Å². The number of fused-ring (bicyclic) bond motifs is 2. The second kappa shape index (κ2) is 10.2. The normalized spacial score (nSPS) is 23.5. The molecule has 0 radical (unpaired) electrons. The SMILES string of the molecule is CC(=O)O[C@H](C)C(=O)N1C2CC(C2)[C@H](NS(C)(=O)=O)[C@@H]1Cc1cccc(-c2cc(F)cc(C#N)c2)c1F. The lowest BCUT2D eigenvalue weighted by molar-refractivity contribution is -0.168. The molecule has 37 heavy (non-hydrogen) atoms. The van der Waals surface area contributed by atoms with Crippen molar-refractivity contribution in [3.63, 3.8) is 0 Å². The van der Waals surface area contributed by atoms with Crippen molar-refractivity contribution >= 4 is 21.9 Å². The number of benzene rings is 2. The summed E-state index contributed by atoms with van der Waals surface area (Å²) in [7, 11) is -3.66. The largest absolute Gasteiger partial charge is 0.453 e. The van der Waals surface area contributed by atoms with Crippen molar-refractivity contribution in [1.29, 1.82) is 5.26 Å². The standard InChI is InChI=1S/C26H27F2N3O5S/c1-14(36-15(2)32)26(33)31-21-10-19(11-21)25(30-37(3,34)35)23(31)12-17-5-4-6-22(24(17)28)18-7-16(13-29)8-20(27)9-18/h4-9,14,19,21,23,25,30H,10-12H2,1-3H3/t14-,19?,21?,23+,25+/m1/s1. The maximum atomic E-state index is 15.8. The van der Waals surface area contributed by atoms with Gasteiger partial charge in [0.15, 0.2) is 6.10 Å². The Morgan fingerprint density at radius 2 is 1.95 bits per heavy atom. The van der Waals surface area contributed by atoms with E-state index >= 15 is 4.39 Å². The van der Waals surface area contributed by atoms with Crippen LogP contribution in [-0.2, 0) is 30.8 Å². The number of hydrogen-bond donors (Lipinski definition) is 1.